The molecule has 3 atom stereocenters. The molecule has 2 amide bonds. The zero-order valence-electron chi connectivity index (χ0n) is 22.2. The molecule has 1 saturated carbocycles. The van der Waals surface area contributed by atoms with Crippen LogP contribution in [0.4, 0.5) is 5.69 Å². The Balaban J connectivity index is 2.31. The molecule has 0 radical (unpaired) electrons. The minimum atomic E-state index is -2.02. The molecule has 0 N–H and O–H groups in total. The third kappa shape index (κ3) is 3.62. The topological polar surface area (TPSA) is 72.9 Å². The predicted octanol–water partition coefficient (Wildman–Crippen LogP) is 5.85. The summed E-state index contributed by atoms with van der Waals surface area (Å²) in [6.45, 7) is 17.3. The molecule has 1 heterocycles. The summed E-state index contributed by atoms with van der Waals surface area (Å²) in [5.74, 6) is -0.968. The van der Waals surface area contributed by atoms with Gasteiger partial charge < -0.3 is 9.47 Å². The van der Waals surface area contributed by atoms with Gasteiger partial charge >= 0.3 is 5.97 Å². The Kier molecular flexibility index (Phi) is 7.37. The lowest BCUT2D eigenvalue weighted by molar-refractivity contribution is -0.152. The Hall–Kier alpha value is -2.15. The number of amides is 2. The number of imide groups is 1. The van der Waals surface area contributed by atoms with E-state index in [4.69, 9.17) is 9.47 Å². The van der Waals surface area contributed by atoms with E-state index in [1.165, 1.54) is 11.8 Å². The van der Waals surface area contributed by atoms with Gasteiger partial charge in [0.2, 0.25) is 11.8 Å². The third-order valence-corrected chi connectivity index (χ3v) is 16.6. The molecular weight excluding hydrogens is 446 g/mol. The maximum atomic E-state index is 14.2. The number of nitrogens with zero attached hydrogens (tertiary/aromatic N) is 1. The summed E-state index contributed by atoms with van der Waals surface area (Å²) in [5.41, 5.74) is 1.90. The lowest BCUT2D eigenvalue weighted by Crippen LogP contribution is -2.49. The second-order valence-corrected chi connectivity index (χ2v) is 17.2. The lowest BCUT2D eigenvalue weighted by atomic mass is 9.73. The molecule has 0 aromatic heterocycles. The van der Waals surface area contributed by atoms with Crippen LogP contribution in [0, 0.1) is 5.92 Å². The van der Waals surface area contributed by atoms with Gasteiger partial charge in [0.25, 0.3) is 0 Å². The zero-order chi connectivity index (χ0) is 25.6. The van der Waals surface area contributed by atoms with Crippen LogP contribution in [0.3, 0.4) is 0 Å². The van der Waals surface area contributed by atoms with Crippen LogP contribution < -0.4 is 9.64 Å². The van der Waals surface area contributed by atoms with Crippen molar-refractivity contribution >= 4 is 31.5 Å². The highest BCUT2D eigenvalue weighted by molar-refractivity contribution is 6.85. The van der Waals surface area contributed by atoms with Crippen molar-refractivity contribution in [3.63, 3.8) is 0 Å². The molecule has 1 aliphatic carbocycles. The largest absolute Gasteiger partial charge is 0.497 e. The van der Waals surface area contributed by atoms with Gasteiger partial charge in [-0.3, -0.25) is 14.4 Å². The van der Waals surface area contributed by atoms with Crippen molar-refractivity contribution in [2.24, 2.45) is 5.92 Å². The van der Waals surface area contributed by atoms with Crippen molar-refractivity contribution in [3.8, 4) is 5.75 Å². The van der Waals surface area contributed by atoms with Gasteiger partial charge in [-0.15, -0.1) is 0 Å². The molecule has 0 unspecified atom stereocenters. The number of benzene rings is 1. The molecule has 6 nitrogen and oxygen atoms in total. The average Bonchev–Trinajstić information content (AvgIpc) is 3.25. The van der Waals surface area contributed by atoms with E-state index in [0.717, 1.165) is 5.56 Å². The van der Waals surface area contributed by atoms with E-state index in [1.807, 2.05) is 6.07 Å². The van der Waals surface area contributed by atoms with E-state index < -0.39 is 19.4 Å². The molecule has 0 saturated heterocycles. The number of fused-ring (bicyclic) bond motifs is 2. The minimum Gasteiger partial charge on any atom is -0.497 e. The summed E-state index contributed by atoms with van der Waals surface area (Å²) in [4.78, 5) is 41.6. The number of esters is 1. The van der Waals surface area contributed by atoms with Crippen LogP contribution in [0.15, 0.2) is 18.2 Å². The van der Waals surface area contributed by atoms with Crippen LogP contribution in [0.1, 0.15) is 73.8 Å². The van der Waals surface area contributed by atoms with Gasteiger partial charge in [-0.05, 0) is 49.1 Å². The molecule has 7 heteroatoms. The molecule has 34 heavy (non-hydrogen) atoms. The van der Waals surface area contributed by atoms with Crippen molar-refractivity contribution < 1.29 is 23.9 Å². The predicted molar refractivity (Wildman–Crippen MR) is 137 cm³/mol. The highest BCUT2D eigenvalue weighted by Gasteiger charge is 2.67. The van der Waals surface area contributed by atoms with Gasteiger partial charge in [0, 0.05) is 6.92 Å². The van der Waals surface area contributed by atoms with E-state index in [2.05, 4.69) is 41.5 Å². The Morgan fingerprint density at radius 2 is 1.71 bits per heavy atom. The first-order valence-electron chi connectivity index (χ1n) is 12.6. The van der Waals surface area contributed by atoms with Gasteiger partial charge in [-0.1, -0.05) is 58.2 Å². The van der Waals surface area contributed by atoms with E-state index in [1.54, 1.807) is 26.2 Å². The monoisotopic (exact) mass is 487 g/mol. The van der Waals surface area contributed by atoms with Gasteiger partial charge in [-0.2, -0.15) is 0 Å². The first kappa shape index (κ1) is 26.5. The van der Waals surface area contributed by atoms with Crippen LogP contribution in [0.2, 0.25) is 22.2 Å². The first-order valence-corrected chi connectivity index (χ1v) is 14.9. The van der Waals surface area contributed by atoms with Crippen molar-refractivity contribution in [2.45, 2.75) is 95.8 Å². The summed E-state index contributed by atoms with van der Waals surface area (Å²) < 4.78 is 11.1. The van der Waals surface area contributed by atoms with Gasteiger partial charge in [-0.25, -0.2) is 4.90 Å². The molecule has 0 bridgehead atoms. The number of anilines is 1. The molecule has 2 aliphatic rings. The molecule has 3 rings (SSSR count). The smallest absolute Gasteiger partial charge is 0.310 e. The van der Waals surface area contributed by atoms with E-state index in [-0.39, 0.29) is 29.9 Å². The second kappa shape index (κ2) is 9.48. The summed E-state index contributed by atoms with van der Waals surface area (Å²) in [6.07, 6.45) is 1.19. The van der Waals surface area contributed by atoms with Gasteiger partial charge in [0.05, 0.1) is 38.8 Å². The fourth-order valence-electron chi connectivity index (χ4n) is 7.90. The second-order valence-electron chi connectivity index (χ2n) is 10.9. The molecule has 1 aromatic rings. The van der Waals surface area contributed by atoms with E-state index in [0.29, 0.717) is 40.9 Å². The number of rotatable bonds is 7. The van der Waals surface area contributed by atoms with E-state index in [9.17, 15) is 14.4 Å². The molecule has 1 aliphatic heterocycles. The highest BCUT2D eigenvalue weighted by Crippen LogP contribution is 2.65. The fourth-order valence-corrected chi connectivity index (χ4v) is 16.0. The zero-order valence-corrected chi connectivity index (χ0v) is 23.2. The average molecular weight is 488 g/mol. The third-order valence-electron chi connectivity index (χ3n) is 8.79. The maximum Gasteiger partial charge on any atom is 0.310 e. The number of hydrogen-bond acceptors (Lipinski definition) is 5. The van der Waals surface area contributed by atoms with Crippen molar-refractivity contribution in [1.82, 2.24) is 0 Å². The number of ether oxygens (including phenoxy) is 2. The van der Waals surface area contributed by atoms with Crippen LogP contribution in [0.25, 0.3) is 0 Å². The van der Waals surface area contributed by atoms with Gasteiger partial charge in [0.15, 0.2) is 0 Å². The summed E-state index contributed by atoms with van der Waals surface area (Å²) in [6, 6.07) is 5.40. The van der Waals surface area contributed by atoms with Crippen LogP contribution in [0.5, 0.6) is 5.75 Å². The lowest BCUT2D eigenvalue weighted by Gasteiger charge is -2.48. The van der Waals surface area contributed by atoms with Crippen LogP contribution in [-0.4, -0.2) is 39.6 Å². The number of hydrogen-bond donors (Lipinski definition) is 0. The number of methoxy groups -OCH3 is 1. The Labute approximate surface area is 205 Å². The molecular formula is C27H41NO5Si. The first-order chi connectivity index (χ1) is 15.9. The summed E-state index contributed by atoms with van der Waals surface area (Å²) in [5, 5.41) is 0. The Morgan fingerprint density at radius 1 is 1.12 bits per heavy atom. The van der Waals surface area contributed by atoms with E-state index >= 15 is 0 Å². The SMILES string of the molecule is CCOC(=O)[C@H]1C[C@@H]([Si](C(C)C)(C(C)C)C(C)C)C[C@]12C(=O)N(C(C)=O)c1ccc(OC)cc12. The minimum absolute atomic E-state index is 0.247. The standard InChI is InChI=1S/C27H41NO5Si/c1-10-33-25(30)23-14-21(34(16(2)3,17(4)5)18(6)7)15-27(23)22-13-20(32-9)11-12-24(22)28(19(8)29)26(27)31/h11-13,16-18,21,23H,10,14-15H2,1-9H3/t21-,23-,27-/m1/s1. The maximum absolute atomic E-state index is 14.2. The Bertz CT molecular complexity index is 950. The molecule has 1 spiro atoms. The van der Waals surface area contributed by atoms with Crippen molar-refractivity contribution in [1.29, 1.82) is 0 Å². The quantitative estimate of drug-likeness (QED) is 0.356. The normalized spacial score (nSPS) is 24.5. The summed E-state index contributed by atoms with van der Waals surface area (Å²) >= 11 is 0. The van der Waals surface area contributed by atoms with Crippen LogP contribution >= 0.6 is 0 Å². The van der Waals surface area contributed by atoms with Crippen molar-refractivity contribution in [3.05, 3.63) is 23.8 Å². The number of carbonyl (C=O) groups excluding carboxylic acids is 3. The number of carbonyl (C=O) groups is 3. The summed E-state index contributed by atoms with van der Waals surface area (Å²) in [7, 11) is -0.430. The van der Waals surface area contributed by atoms with Crippen molar-refractivity contribution in [2.75, 3.05) is 18.6 Å². The molecule has 1 aromatic carbocycles. The van der Waals surface area contributed by atoms with Crippen LogP contribution in [-0.2, 0) is 24.5 Å². The molecule has 188 valence electrons. The fraction of sp³-hybridized carbons (Fsp3) is 0.667. The van der Waals surface area contributed by atoms with Gasteiger partial charge in [0.1, 0.15) is 5.75 Å². The molecule has 1 fully saturated rings. The highest BCUT2D eigenvalue weighted by atomic mass is 28.3. The Morgan fingerprint density at radius 3 is 2.18 bits per heavy atom.